The van der Waals surface area contributed by atoms with Gasteiger partial charge in [-0.15, -0.1) is 0 Å². The standard InChI is InChI=1S/C23H26N6O/c1-5-28-17(4)19(13-26-28)12-25-21(30)14-29-23-22(16(3)27-29)20(10-11-24-23)18-8-6-15(2)7-9-18/h6-11,13H,5,12,14H2,1-4H3,(H,25,30). The highest BCUT2D eigenvalue weighted by Gasteiger charge is 2.16. The van der Waals surface area contributed by atoms with Crippen molar-refractivity contribution in [2.75, 3.05) is 0 Å². The summed E-state index contributed by atoms with van der Waals surface area (Å²) in [5, 5.41) is 12.9. The third-order valence-corrected chi connectivity index (χ3v) is 5.44. The molecular weight excluding hydrogens is 376 g/mol. The first-order valence-electron chi connectivity index (χ1n) is 10.1. The minimum Gasteiger partial charge on any atom is -0.350 e. The first-order valence-corrected chi connectivity index (χ1v) is 10.1. The Bertz CT molecular complexity index is 1200. The maximum atomic E-state index is 12.6. The molecule has 0 saturated heterocycles. The summed E-state index contributed by atoms with van der Waals surface area (Å²) < 4.78 is 3.60. The summed E-state index contributed by atoms with van der Waals surface area (Å²) in [6.07, 6.45) is 3.58. The second kappa shape index (κ2) is 8.10. The molecule has 7 nitrogen and oxygen atoms in total. The molecule has 1 amide bonds. The lowest BCUT2D eigenvalue weighted by Crippen LogP contribution is -2.27. The Labute approximate surface area is 175 Å². The molecule has 3 heterocycles. The van der Waals surface area contributed by atoms with Crippen molar-refractivity contribution in [1.82, 2.24) is 29.9 Å². The number of hydrogen-bond donors (Lipinski definition) is 1. The summed E-state index contributed by atoms with van der Waals surface area (Å²) in [5.41, 5.74) is 7.08. The Morgan fingerprint density at radius 3 is 2.53 bits per heavy atom. The quantitative estimate of drug-likeness (QED) is 0.535. The molecule has 0 aliphatic rings. The number of aromatic nitrogens is 5. The van der Waals surface area contributed by atoms with Gasteiger partial charge in [0.1, 0.15) is 6.54 Å². The Kier molecular flexibility index (Phi) is 5.35. The van der Waals surface area contributed by atoms with Crippen molar-refractivity contribution >= 4 is 16.9 Å². The van der Waals surface area contributed by atoms with Gasteiger partial charge in [-0.05, 0) is 44.9 Å². The third-order valence-electron chi connectivity index (χ3n) is 5.44. The lowest BCUT2D eigenvalue weighted by Gasteiger charge is -2.07. The van der Waals surface area contributed by atoms with Crippen molar-refractivity contribution in [2.24, 2.45) is 0 Å². The fourth-order valence-corrected chi connectivity index (χ4v) is 3.73. The van der Waals surface area contributed by atoms with E-state index in [1.165, 1.54) is 5.56 Å². The zero-order chi connectivity index (χ0) is 21.3. The van der Waals surface area contributed by atoms with Gasteiger partial charge in [-0.3, -0.25) is 9.48 Å². The van der Waals surface area contributed by atoms with Gasteiger partial charge in [-0.1, -0.05) is 29.8 Å². The minimum atomic E-state index is -0.106. The predicted octanol–water partition coefficient (Wildman–Crippen LogP) is 3.56. The van der Waals surface area contributed by atoms with Gasteiger partial charge in [0.15, 0.2) is 5.65 Å². The lowest BCUT2D eigenvalue weighted by molar-refractivity contribution is -0.121. The van der Waals surface area contributed by atoms with Crippen LogP contribution in [0, 0.1) is 20.8 Å². The van der Waals surface area contributed by atoms with Gasteiger partial charge < -0.3 is 5.32 Å². The number of carbonyl (C=O) groups excluding carboxylic acids is 1. The number of aryl methyl sites for hydroxylation is 3. The van der Waals surface area contributed by atoms with Gasteiger partial charge in [-0.2, -0.15) is 10.2 Å². The molecule has 0 spiro atoms. The molecule has 0 radical (unpaired) electrons. The van der Waals surface area contributed by atoms with Crippen LogP contribution in [0.1, 0.15) is 29.4 Å². The number of pyridine rings is 1. The minimum absolute atomic E-state index is 0.106. The lowest BCUT2D eigenvalue weighted by atomic mass is 10.0. The first kappa shape index (κ1) is 19.8. The molecule has 4 aromatic rings. The van der Waals surface area contributed by atoms with E-state index < -0.39 is 0 Å². The van der Waals surface area contributed by atoms with Crippen LogP contribution in [0.3, 0.4) is 0 Å². The molecule has 0 fully saturated rings. The summed E-state index contributed by atoms with van der Waals surface area (Å²) in [6.45, 7) is 9.47. The van der Waals surface area contributed by atoms with Crippen molar-refractivity contribution in [2.45, 2.75) is 47.3 Å². The van der Waals surface area contributed by atoms with Crippen LogP contribution in [-0.2, 0) is 24.4 Å². The van der Waals surface area contributed by atoms with E-state index in [-0.39, 0.29) is 12.5 Å². The number of nitrogens with zero attached hydrogens (tertiary/aromatic N) is 5. The number of carbonyl (C=O) groups is 1. The highest BCUT2D eigenvalue weighted by molar-refractivity contribution is 5.95. The van der Waals surface area contributed by atoms with E-state index >= 15 is 0 Å². The van der Waals surface area contributed by atoms with Crippen LogP contribution in [0.25, 0.3) is 22.2 Å². The van der Waals surface area contributed by atoms with E-state index in [9.17, 15) is 4.79 Å². The van der Waals surface area contributed by atoms with Crippen LogP contribution in [0.4, 0.5) is 0 Å². The first-order chi connectivity index (χ1) is 14.5. The van der Waals surface area contributed by atoms with Crippen LogP contribution in [0.2, 0.25) is 0 Å². The van der Waals surface area contributed by atoms with Gasteiger partial charge in [0.25, 0.3) is 0 Å². The van der Waals surface area contributed by atoms with E-state index in [1.54, 1.807) is 10.9 Å². The number of benzene rings is 1. The summed E-state index contributed by atoms with van der Waals surface area (Å²) in [6, 6.07) is 10.4. The van der Waals surface area contributed by atoms with Crippen LogP contribution < -0.4 is 5.32 Å². The molecule has 0 bridgehead atoms. The molecule has 0 saturated carbocycles. The number of hydrogen-bond acceptors (Lipinski definition) is 4. The zero-order valence-corrected chi connectivity index (χ0v) is 17.8. The zero-order valence-electron chi connectivity index (χ0n) is 17.8. The molecule has 0 unspecified atom stereocenters. The summed E-state index contributed by atoms with van der Waals surface area (Å²) in [7, 11) is 0. The molecule has 30 heavy (non-hydrogen) atoms. The van der Waals surface area contributed by atoms with Gasteiger partial charge in [0.05, 0.1) is 11.9 Å². The summed E-state index contributed by atoms with van der Waals surface area (Å²) >= 11 is 0. The molecular formula is C23H26N6O. The average molecular weight is 403 g/mol. The average Bonchev–Trinajstić information content (AvgIpc) is 3.26. The van der Waals surface area contributed by atoms with Crippen LogP contribution in [0.15, 0.2) is 42.7 Å². The molecule has 1 N–H and O–H groups in total. The molecule has 0 aliphatic heterocycles. The fraction of sp³-hybridized carbons (Fsp3) is 0.304. The van der Waals surface area contributed by atoms with Crippen molar-refractivity contribution in [1.29, 1.82) is 0 Å². The number of rotatable bonds is 6. The smallest absolute Gasteiger partial charge is 0.242 e. The van der Waals surface area contributed by atoms with Crippen molar-refractivity contribution in [3.05, 3.63) is 65.2 Å². The van der Waals surface area contributed by atoms with Gasteiger partial charge in [0.2, 0.25) is 5.91 Å². The molecule has 4 rings (SSSR count). The molecule has 0 aliphatic carbocycles. The molecule has 7 heteroatoms. The maximum Gasteiger partial charge on any atom is 0.242 e. The Morgan fingerprint density at radius 2 is 1.83 bits per heavy atom. The second-order valence-corrected chi connectivity index (χ2v) is 7.51. The monoisotopic (exact) mass is 402 g/mol. The van der Waals surface area contributed by atoms with Gasteiger partial charge in [0, 0.05) is 35.9 Å². The Morgan fingerprint density at radius 1 is 1.07 bits per heavy atom. The summed E-state index contributed by atoms with van der Waals surface area (Å²) in [5.74, 6) is -0.106. The predicted molar refractivity (Wildman–Crippen MR) is 117 cm³/mol. The van der Waals surface area contributed by atoms with E-state index in [0.717, 1.165) is 45.7 Å². The Hall–Kier alpha value is -3.48. The van der Waals surface area contributed by atoms with E-state index in [4.69, 9.17) is 0 Å². The van der Waals surface area contributed by atoms with Crippen LogP contribution in [-0.4, -0.2) is 30.5 Å². The van der Waals surface area contributed by atoms with Gasteiger partial charge >= 0.3 is 0 Å². The van der Waals surface area contributed by atoms with E-state index in [1.807, 2.05) is 37.7 Å². The topological polar surface area (TPSA) is 77.6 Å². The maximum absolute atomic E-state index is 12.6. The number of amides is 1. The highest BCUT2D eigenvalue weighted by atomic mass is 16.2. The van der Waals surface area contributed by atoms with Gasteiger partial charge in [-0.25, -0.2) is 9.67 Å². The van der Waals surface area contributed by atoms with E-state index in [2.05, 4.69) is 51.7 Å². The molecule has 154 valence electrons. The molecule has 3 aromatic heterocycles. The van der Waals surface area contributed by atoms with Crippen LogP contribution >= 0.6 is 0 Å². The second-order valence-electron chi connectivity index (χ2n) is 7.51. The summed E-state index contributed by atoms with van der Waals surface area (Å²) in [4.78, 5) is 17.1. The van der Waals surface area contributed by atoms with Crippen LogP contribution in [0.5, 0.6) is 0 Å². The van der Waals surface area contributed by atoms with E-state index in [0.29, 0.717) is 6.54 Å². The molecule has 0 atom stereocenters. The Balaban J connectivity index is 1.56. The number of fused-ring (bicyclic) bond motifs is 1. The largest absolute Gasteiger partial charge is 0.350 e. The third kappa shape index (κ3) is 3.70. The fourth-order valence-electron chi connectivity index (χ4n) is 3.73. The van der Waals surface area contributed by atoms with Crippen molar-refractivity contribution < 1.29 is 4.79 Å². The normalized spacial score (nSPS) is 11.2. The highest BCUT2D eigenvalue weighted by Crippen LogP contribution is 2.29. The van der Waals surface area contributed by atoms with Crippen molar-refractivity contribution in [3.8, 4) is 11.1 Å². The van der Waals surface area contributed by atoms with Crippen molar-refractivity contribution in [3.63, 3.8) is 0 Å². The SMILES string of the molecule is CCn1ncc(CNC(=O)Cn2nc(C)c3c(-c4ccc(C)cc4)ccnc32)c1C. The molecule has 1 aromatic carbocycles. The number of nitrogens with one attached hydrogen (secondary N) is 1.